The number of hydrogen-bond donors (Lipinski definition) is 1. The van der Waals surface area contributed by atoms with E-state index in [1.54, 1.807) is 0 Å². The molecule has 1 saturated heterocycles. The first-order chi connectivity index (χ1) is 10.5. The first kappa shape index (κ1) is 15.2. The fraction of sp³-hybridized carbons (Fsp3) is 0.533. The van der Waals surface area contributed by atoms with Crippen molar-refractivity contribution in [1.29, 1.82) is 0 Å². The van der Waals surface area contributed by atoms with Crippen molar-refractivity contribution in [1.82, 2.24) is 19.7 Å². The largest absolute Gasteiger partial charge is 0.301 e. The van der Waals surface area contributed by atoms with Gasteiger partial charge in [0.2, 0.25) is 5.91 Å². The normalized spacial score (nSPS) is 18.8. The third kappa shape index (κ3) is 3.20. The van der Waals surface area contributed by atoms with Gasteiger partial charge in [-0.15, -0.1) is 11.3 Å². The van der Waals surface area contributed by atoms with Crippen LogP contribution >= 0.6 is 11.3 Å². The van der Waals surface area contributed by atoms with Crippen LogP contribution in [0.15, 0.2) is 12.4 Å². The molecule has 1 N–H and O–H groups in total. The van der Waals surface area contributed by atoms with Gasteiger partial charge in [-0.2, -0.15) is 5.10 Å². The number of amides is 1. The lowest BCUT2D eigenvalue weighted by atomic mass is 10.1. The van der Waals surface area contributed by atoms with Crippen LogP contribution in [-0.2, 0) is 11.8 Å². The lowest BCUT2D eigenvalue weighted by Crippen LogP contribution is -2.32. The number of nitrogens with one attached hydrogen (secondary N) is 1. The standard InChI is InChI=1S/C15H21N5OS/c1-10-11(2)22-15(17-10)18-14(21)9-20-6-4-5-13(20)12-7-16-19(3)8-12/h7-8,13H,4-6,9H2,1-3H3,(H,17,18,21)/t13-/m0/s1. The summed E-state index contributed by atoms with van der Waals surface area (Å²) in [5.74, 6) is 0.00420. The molecule has 0 bridgehead atoms. The van der Waals surface area contributed by atoms with Gasteiger partial charge < -0.3 is 5.32 Å². The van der Waals surface area contributed by atoms with Gasteiger partial charge in [0.15, 0.2) is 5.13 Å². The summed E-state index contributed by atoms with van der Waals surface area (Å²) in [6.07, 6.45) is 6.12. The van der Waals surface area contributed by atoms with Gasteiger partial charge in [-0.25, -0.2) is 4.98 Å². The maximum atomic E-state index is 12.3. The summed E-state index contributed by atoms with van der Waals surface area (Å²) in [6.45, 7) is 5.32. The van der Waals surface area contributed by atoms with Gasteiger partial charge in [0, 0.05) is 29.7 Å². The van der Waals surface area contributed by atoms with Crippen LogP contribution in [0.4, 0.5) is 5.13 Å². The number of aromatic nitrogens is 3. The highest BCUT2D eigenvalue weighted by molar-refractivity contribution is 7.15. The van der Waals surface area contributed by atoms with Crippen LogP contribution in [0.2, 0.25) is 0 Å². The van der Waals surface area contributed by atoms with E-state index in [1.165, 1.54) is 16.9 Å². The molecule has 2 aromatic rings. The van der Waals surface area contributed by atoms with E-state index in [-0.39, 0.29) is 5.91 Å². The zero-order valence-corrected chi connectivity index (χ0v) is 14.0. The number of likely N-dealkylation sites (tertiary alicyclic amines) is 1. The first-order valence-electron chi connectivity index (χ1n) is 7.49. The quantitative estimate of drug-likeness (QED) is 0.939. The molecule has 1 aliphatic heterocycles. The van der Waals surface area contributed by atoms with Crippen molar-refractivity contribution in [3.8, 4) is 0 Å². The molecule has 0 unspecified atom stereocenters. The molecule has 118 valence electrons. The molecule has 6 nitrogen and oxygen atoms in total. The highest BCUT2D eigenvalue weighted by Crippen LogP contribution is 2.31. The summed E-state index contributed by atoms with van der Waals surface area (Å²) in [4.78, 5) is 20.0. The van der Waals surface area contributed by atoms with E-state index in [1.807, 2.05) is 38.0 Å². The third-order valence-electron chi connectivity index (χ3n) is 4.09. The second-order valence-electron chi connectivity index (χ2n) is 5.78. The Kier molecular flexibility index (Phi) is 4.26. The molecule has 0 aromatic carbocycles. The highest BCUT2D eigenvalue weighted by Gasteiger charge is 2.28. The SMILES string of the molecule is Cc1nc(NC(=O)CN2CCC[C@H]2c2cnn(C)c2)sc1C. The molecule has 1 atom stereocenters. The Hall–Kier alpha value is -1.73. The van der Waals surface area contributed by atoms with E-state index < -0.39 is 0 Å². The van der Waals surface area contributed by atoms with Gasteiger partial charge in [-0.1, -0.05) is 0 Å². The predicted molar refractivity (Wildman–Crippen MR) is 87.0 cm³/mol. The van der Waals surface area contributed by atoms with E-state index in [4.69, 9.17) is 0 Å². The van der Waals surface area contributed by atoms with Gasteiger partial charge in [0.1, 0.15) is 0 Å². The minimum atomic E-state index is 0.00420. The van der Waals surface area contributed by atoms with Gasteiger partial charge in [0.05, 0.1) is 18.4 Å². The van der Waals surface area contributed by atoms with Crippen molar-refractivity contribution < 1.29 is 4.79 Å². The molecule has 1 amide bonds. The number of carbonyl (C=O) groups excluding carboxylic acids is 1. The highest BCUT2D eigenvalue weighted by atomic mass is 32.1. The van der Waals surface area contributed by atoms with Gasteiger partial charge in [-0.3, -0.25) is 14.4 Å². The number of hydrogen-bond acceptors (Lipinski definition) is 5. The van der Waals surface area contributed by atoms with E-state index in [0.717, 1.165) is 30.0 Å². The number of nitrogens with zero attached hydrogens (tertiary/aromatic N) is 4. The first-order valence-corrected chi connectivity index (χ1v) is 8.31. The molecule has 0 radical (unpaired) electrons. The zero-order chi connectivity index (χ0) is 15.7. The van der Waals surface area contributed by atoms with Crippen LogP contribution in [0.3, 0.4) is 0 Å². The van der Waals surface area contributed by atoms with E-state index in [9.17, 15) is 4.79 Å². The van der Waals surface area contributed by atoms with Crippen LogP contribution in [0.5, 0.6) is 0 Å². The number of thiazole rings is 1. The number of aryl methyl sites for hydroxylation is 3. The Balaban J connectivity index is 1.63. The number of rotatable bonds is 4. The second-order valence-corrected chi connectivity index (χ2v) is 6.99. The molecule has 3 heterocycles. The van der Waals surface area contributed by atoms with Crippen LogP contribution < -0.4 is 5.32 Å². The van der Waals surface area contributed by atoms with E-state index >= 15 is 0 Å². The topological polar surface area (TPSA) is 63.1 Å². The van der Waals surface area contributed by atoms with Crippen LogP contribution in [0, 0.1) is 13.8 Å². The molecule has 0 aliphatic carbocycles. The van der Waals surface area contributed by atoms with Crippen molar-refractivity contribution in [2.75, 3.05) is 18.4 Å². The zero-order valence-electron chi connectivity index (χ0n) is 13.2. The lowest BCUT2D eigenvalue weighted by Gasteiger charge is -2.22. The van der Waals surface area contributed by atoms with Crippen LogP contribution in [0.1, 0.15) is 35.0 Å². The molecular formula is C15H21N5OS. The maximum Gasteiger partial charge on any atom is 0.240 e. The fourth-order valence-corrected chi connectivity index (χ4v) is 3.71. The fourth-order valence-electron chi connectivity index (χ4n) is 2.87. The van der Waals surface area contributed by atoms with E-state index in [0.29, 0.717) is 17.7 Å². The molecule has 3 rings (SSSR count). The van der Waals surface area contributed by atoms with Gasteiger partial charge in [-0.05, 0) is 33.2 Å². The predicted octanol–water partition coefficient (Wildman–Crippen LogP) is 2.27. The summed E-state index contributed by atoms with van der Waals surface area (Å²) in [5, 5.41) is 7.84. The third-order valence-corrected chi connectivity index (χ3v) is 5.08. The molecule has 22 heavy (non-hydrogen) atoms. The van der Waals surface area contributed by atoms with Crippen molar-refractivity contribution in [2.24, 2.45) is 7.05 Å². The summed E-state index contributed by atoms with van der Waals surface area (Å²) in [7, 11) is 1.92. The van der Waals surface area contributed by atoms with Crippen molar-refractivity contribution >= 4 is 22.4 Å². The van der Waals surface area contributed by atoms with Gasteiger partial charge >= 0.3 is 0 Å². The minimum Gasteiger partial charge on any atom is -0.301 e. The van der Waals surface area contributed by atoms with Crippen LogP contribution in [0.25, 0.3) is 0 Å². The molecule has 1 aliphatic rings. The number of anilines is 1. The lowest BCUT2D eigenvalue weighted by molar-refractivity contribution is -0.117. The van der Waals surface area contributed by atoms with Crippen molar-refractivity contribution in [3.63, 3.8) is 0 Å². The molecular weight excluding hydrogens is 298 g/mol. The second kappa shape index (κ2) is 6.18. The maximum absolute atomic E-state index is 12.3. The Bertz CT molecular complexity index is 658. The van der Waals surface area contributed by atoms with Gasteiger partial charge in [0.25, 0.3) is 0 Å². The molecule has 0 saturated carbocycles. The summed E-state index contributed by atoms with van der Waals surface area (Å²) < 4.78 is 1.81. The Morgan fingerprint density at radius 2 is 2.32 bits per heavy atom. The van der Waals surface area contributed by atoms with Crippen LogP contribution in [-0.4, -0.2) is 38.7 Å². The monoisotopic (exact) mass is 319 g/mol. The molecule has 7 heteroatoms. The Morgan fingerprint density at radius 3 is 2.95 bits per heavy atom. The summed E-state index contributed by atoms with van der Waals surface area (Å²) in [5.41, 5.74) is 2.17. The molecule has 2 aromatic heterocycles. The summed E-state index contributed by atoms with van der Waals surface area (Å²) in [6, 6.07) is 0.291. The average Bonchev–Trinajstić information content (AvgIpc) is 3.13. The minimum absolute atomic E-state index is 0.00420. The van der Waals surface area contributed by atoms with Crippen molar-refractivity contribution in [3.05, 3.63) is 28.5 Å². The summed E-state index contributed by atoms with van der Waals surface area (Å²) >= 11 is 1.53. The molecule has 1 fully saturated rings. The van der Waals surface area contributed by atoms with Crippen molar-refractivity contribution in [2.45, 2.75) is 32.7 Å². The Labute approximate surface area is 134 Å². The Morgan fingerprint density at radius 1 is 1.50 bits per heavy atom. The average molecular weight is 319 g/mol. The number of carbonyl (C=O) groups is 1. The smallest absolute Gasteiger partial charge is 0.240 e. The van der Waals surface area contributed by atoms with E-state index in [2.05, 4.69) is 20.3 Å². The molecule has 0 spiro atoms.